The van der Waals surface area contributed by atoms with Crippen LogP contribution in [0.3, 0.4) is 0 Å². The van der Waals surface area contributed by atoms with Crippen molar-refractivity contribution in [3.8, 4) is 11.5 Å². The molecule has 3 rings (SSSR count). The minimum Gasteiger partial charge on any atom is -0.493 e. The molecule has 0 bridgehead atoms. The largest absolute Gasteiger partial charge is 0.493 e. The maximum atomic E-state index is 12.4. The topological polar surface area (TPSA) is 73.4 Å². The van der Waals surface area contributed by atoms with E-state index in [1.54, 1.807) is 21.1 Å². The Morgan fingerprint density at radius 3 is 2.44 bits per heavy atom. The first-order valence-corrected chi connectivity index (χ1v) is 8.29. The number of rotatable bonds is 5. The second-order valence-electron chi connectivity index (χ2n) is 5.73. The van der Waals surface area contributed by atoms with Crippen LogP contribution >= 0.6 is 0 Å². The maximum Gasteiger partial charge on any atom is 0.357 e. The van der Waals surface area contributed by atoms with Crippen LogP contribution in [-0.4, -0.2) is 36.8 Å². The van der Waals surface area contributed by atoms with Gasteiger partial charge in [0.1, 0.15) is 0 Å². The molecule has 0 atom stereocenters. The van der Waals surface area contributed by atoms with E-state index in [-0.39, 0.29) is 5.97 Å². The molecule has 6 nitrogen and oxygen atoms in total. The Bertz CT molecular complexity index is 959. The van der Waals surface area contributed by atoms with E-state index in [1.807, 2.05) is 26.0 Å². The number of ether oxygens (including phenoxy) is 3. The van der Waals surface area contributed by atoms with E-state index >= 15 is 0 Å². The van der Waals surface area contributed by atoms with Gasteiger partial charge in [-0.2, -0.15) is 0 Å². The first-order valence-electron chi connectivity index (χ1n) is 8.29. The van der Waals surface area contributed by atoms with Gasteiger partial charge in [-0.3, -0.25) is 0 Å². The van der Waals surface area contributed by atoms with Crippen molar-refractivity contribution >= 4 is 27.8 Å². The van der Waals surface area contributed by atoms with Crippen LogP contribution in [-0.2, 0) is 11.2 Å². The number of aromatic amines is 1. The molecule has 0 amide bonds. The molecule has 0 spiro atoms. The number of hydrogen-bond acceptors (Lipinski definition) is 5. The molecule has 1 aromatic carbocycles. The van der Waals surface area contributed by atoms with Gasteiger partial charge in [-0.15, -0.1) is 0 Å². The molecule has 1 N–H and O–H groups in total. The molecule has 0 saturated heterocycles. The van der Waals surface area contributed by atoms with E-state index in [2.05, 4.69) is 9.97 Å². The second-order valence-corrected chi connectivity index (χ2v) is 5.73. The highest BCUT2D eigenvalue weighted by atomic mass is 16.5. The van der Waals surface area contributed by atoms with Gasteiger partial charge in [-0.25, -0.2) is 9.78 Å². The number of hydrogen-bond donors (Lipinski definition) is 1. The smallest absolute Gasteiger partial charge is 0.357 e. The molecular weight excluding hydrogens is 320 g/mol. The van der Waals surface area contributed by atoms with Crippen LogP contribution < -0.4 is 9.47 Å². The molecule has 0 unspecified atom stereocenters. The van der Waals surface area contributed by atoms with E-state index in [0.717, 1.165) is 33.1 Å². The summed E-state index contributed by atoms with van der Waals surface area (Å²) in [6.07, 6.45) is 0.666. The molecule has 25 heavy (non-hydrogen) atoms. The van der Waals surface area contributed by atoms with Crippen molar-refractivity contribution in [1.82, 2.24) is 9.97 Å². The van der Waals surface area contributed by atoms with Crippen molar-refractivity contribution in [2.75, 3.05) is 20.8 Å². The van der Waals surface area contributed by atoms with Gasteiger partial charge in [-0.05, 0) is 31.9 Å². The number of pyridine rings is 1. The summed E-state index contributed by atoms with van der Waals surface area (Å²) in [7, 11) is 3.21. The van der Waals surface area contributed by atoms with Gasteiger partial charge in [0.2, 0.25) is 0 Å². The zero-order valence-electron chi connectivity index (χ0n) is 15.1. The fourth-order valence-electron chi connectivity index (χ4n) is 3.23. The lowest BCUT2D eigenvalue weighted by Crippen LogP contribution is -2.12. The highest BCUT2D eigenvalue weighted by Gasteiger charge is 2.22. The molecule has 2 heterocycles. The minimum absolute atomic E-state index is 0.319. The molecule has 0 aliphatic rings. The molecule has 0 aliphatic carbocycles. The minimum atomic E-state index is -0.390. The number of H-pyrrole nitrogens is 1. The zero-order chi connectivity index (χ0) is 18.1. The highest BCUT2D eigenvalue weighted by molar-refractivity contribution is 6.12. The highest BCUT2D eigenvalue weighted by Crippen LogP contribution is 2.38. The Balaban J connectivity index is 2.41. The molecule has 2 aromatic heterocycles. The Kier molecular flexibility index (Phi) is 4.53. The Morgan fingerprint density at radius 1 is 1.16 bits per heavy atom. The fourth-order valence-corrected chi connectivity index (χ4v) is 3.23. The van der Waals surface area contributed by atoms with Crippen LogP contribution in [0.25, 0.3) is 21.8 Å². The van der Waals surface area contributed by atoms with Crippen molar-refractivity contribution < 1.29 is 19.0 Å². The third-order valence-corrected chi connectivity index (χ3v) is 4.35. The van der Waals surface area contributed by atoms with Gasteiger partial charge in [0.15, 0.2) is 17.2 Å². The lowest BCUT2D eigenvalue weighted by molar-refractivity contribution is 0.0518. The Morgan fingerprint density at radius 2 is 1.84 bits per heavy atom. The lowest BCUT2D eigenvalue weighted by atomic mass is 10.0. The molecule has 0 fully saturated rings. The van der Waals surface area contributed by atoms with Gasteiger partial charge in [0.25, 0.3) is 0 Å². The molecular formula is C19H22N2O4. The molecule has 6 heteroatoms. The van der Waals surface area contributed by atoms with Crippen LogP contribution in [0.5, 0.6) is 11.5 Å². The summed E-state index contributed by atoms with van der Waals surface area (Å²) in [4.78, 5) is 20.3. The SMILES string of the molecule is CCOC(=O)c1nc(C)c2[nH]c3cc(OC)c(OC)cc3c2c1CC. The van der Waals surface area contributed by atoms with Crippen molar-refractivity contribution in [3.05, 3.63) is 29.1 Å². The summed E-state index contributed by atoms with van der Waals surface area (Å²) in [6.45, 7) is 6.00. The number of benzene rings is 1. The van der Waals surface area contributed by atoms with Gasteiger partial charge in [0.05, 0.1) is 37.6 Å². The van der Waals surface area contributed by atoms with Crippen LogP contribution in [0.2, 0.25) is 0 Å². The molecule has 0 radical (unpaired) electrons. The predicted molar refractivity (Wildman–Crippen MR) is 96.8 cm³/mol. The van der Waals surface area contributed by atoms with E-state index in [9.17, 15) is 4.79 Å². The normalized spacial score (nSPS) is 11.1. The Labute approximate surface area is 146 Å². The monoisotopic (exact) mass is 342 g/mol. The van der Waals surface area contributed by atoms with Crippen molar-refractivity contribution in [2.24, 2.45) is 0 Å². The van der Waals surface area contributed by atoms with Gasteiger partial charge >= 0.3 is 5.97 Å². The van der Waals surface area contributed by atoms with Crippen LogP contribution in [0.4, 0.5) is 0 Å². The number of esters is 1. The van der Waals surface area contributed by atoms with E-state index < -0.39 is 0 Å². The number of fused-ring (bicyclic) bond motifs is 3. The van der Waals surface area contributed by atoms with Crippen LogP contribution in [0.1, 0.15) is 35.6 Å². The molecule has 0 saturated carbocycles. The summed E-state index contributed by atoms with van der Waals surface area (Å²) in [5.41, 5.74) is 3.83. The number of nitrogens with one attached hydrogen (secondary N) is 1. The lowest BCUT2D eigenvalue weighted by Gasteiger charge is -2.11. The zero-order valence-corrected chi connectivity index (χ0v) is 15.1. The summed E-state index contributed by atoms with van der Waals surface area (Å²) in [5, 5.41) is 1.95. The van der Waals surface area contributed by atoms with Crippen LogP contribution in [0, 0.1) is 6.92 Å². The molecule has 132 valence electrons. The number of carbonyl (C=O) groups excluding carboxylic acids is 1. The van der Waals surface area contributed by atoms with Crippen molar-refractivity contribution in [2.45, 2.75) is 27.2 Å². The first kappa shape index (κ1) is 17.1. The third-order valence-electron chi connectivity index (χ3n) is 4.35. The summed E-state index contributed by atoms with van der Waals surface area (Å²) in [5.74, 6) is 0.903. The van der Waals surface area contributed by atoms with Crippen molar-refractivity contribution in [1.29, 1.82) is 0 Å². The first-order chi connectivity index (χ1) is 12.0. The number of carbonyl (C=O) groups is 1. The Hall–Kier alpha value is -2.76. The average molecular weight is 342 g/mol. The van der Waals surface area contributed by atoms with Crippen molar-refractivity contribution in [3.63, 3.8) is 0 Å². The maximum absolute atomic E-state index is 12.4. The third kappa shape index (κ3) is 2.67. The van der Waals surface area contributed by atoms with E-state index in [0.29, 0.717) is 30.2 Å². The number of nitrogens with zero attached hydrogens (tertiary/aromatic N) is 1. The number of aromatic nitrogens is 2. The van der Waals surface area contributed by atoms with Crippen LogP contribution in [0.15, 0.2) is 12.1 Å². The van der Waals surface area contributed by atoms with Gasteiger partial charge in [-0.1, -0.05) is 6.92 Å². The summed E-state index contributed by atoms with van der Waals surface area (Å²) in [6, 6.07) is 3.83. The van der Waals surface area contributed by atoms with E-state index in [4.69, 9.17) is 14.2 Å². The number of methoxy groups -OCH3 is 2. The van der Waals surface area contributed by atoms with Gasteiger partial charge < -0.3 is 19.2 Å². The van der Waals surface area contributed by atoms with Gasteiger partial charge in [0, 0.05) is 16.8 Å². The molecule has 3 aromatic rings. The summed E-state index contributed by atoms with van der Waals surface area (Å²) < 4.78 is 16.0. The standard InChI is InChI=1S/C19H22N2O4/c1-6-11-16-12-8-14(23-4)15(24-5)9-13(12)21-17(16)10(3)20-18(11)19(22)25-7-2/h8-9,21H,6-7H2,1-5H3. The van der Waals surface area contributed by atoms with E-state index in [1.165, 1.54) is 0 Å². The average Bonchev–Trinajstić information content (AvgIpc) is 2.99. The summed E-state index contributed by atoms with van der Waals surface area (Å²) >= 11 is 0. The second kappa shape index (κ2) is 6.63. The number of aryl methyl sites for hydroxylation is 2. The fraction of sp³-hybridized carbons (Fsp3) is 0.368. The predicted octanol–water partition coefficient (Wildman–Crippen LogP) is 3.78. The molecule has 0 aliphatic heterocycles. The quantitative estimate of drug-likeness (QED) is 0.714.